The Labute approximate surface area is 165 Å². The van der Waals surface area contributed by atoms with Crippen molar-refractivity contribution >= 4 is 28.0 Å². The van der Waals surface area contributed by atoms with Crippen LogP contribution in [0.5, 0.6) is 5.88 Å². The van der Waals surface area contributed by atoms with Gasteiger partial charge in [-0.1, -0.05) is 19.4 Å². The number of hydrogen-bond acceptors (Lipinski definition) is 5. The van der Waals surface area contributed by atoms with Gasteiger partial charge in [-0.2, -0.15) is 0 Å². The van der Waals surface area contributed by atoms with Crippen LogP contribution in [-0.4, -0.2) is 28.3 Å². The van der Waals surface area contributed by atoms with E-state index in [1.54, 1.807) is 33.0 Å². The van der Waals surface area contributed by atoms with Gasteiger partial charge in [-0.15, -0.1) is 0 Å². The van der Waals surface area contributed by atoms with E-state index in [-0.39, 0.29) is 12.0 Å². The Balaban J connectivity index is 1.87. The Hall–Kier alpha value is -2.60. The van der Waals surface area contributed by atoms with E-state index in [1.807, 2.05) is 6.07 Å². The fraction of sp³-hybridized carbons (Fsp3) is 0.455. The highest BCUT2D eigenvalue weighted by molar-refractivity contribution is 6.07. The molecule has 3 aromatic rings. The number of fused-ring (bicyclic) bond motifs is 3. The molecular formula is C22H28N2O4. The lowest BCUT2D eigenvalue weighted by Crippen LogP contribution is -2.26. The third-order valence-electron chi connectivity index (χ3n) is 4.39. The second-order valence-electron chi connectivity index (χ2n) is 7.93. The maximum atomic E-state index is 11.9. The summed E-state index contributed by atoms with van der Waals surface area (Å²) in [7, 11) is 0. The summed E-state index contributed by atoms with van der Waals surface area (Å²) >= 11 is 0. The number of nitrogens with one attached hydrogen (secondary N) is 1. The first kappa shape index (κ1) is 20.1. The molecule has 0 aliphatic carbocycles. The lowest BCUT2D eigenvalue weighted by molar-refractivity contribution is 0.0197. The number of hydrogen-bond donors (Lipinski definition) is 1. The summed E-state index contributed by atoms with van der Waals surface area (Å²) in [5, 5.41) is 1.97. The number of unbranched alkanes of at least 4 members (excludes halogenated alkanes) is 1. The third-order valence-corrected chi connectivity index (χ3v) is 4.39. The van der Waals surface area contributed by atoms with Gasteiger partial charge in [0.2, 0.25) is 5.88 Å². The number of carbonyl (C=O) groups is 1. The molecule has 0 bridgehead atoms. The van der Waals surface area contributed by atoms with Gasteiger partial charge in [-0.3, -0.25) is 0 Å². The molecule has 1 unspecified atom stereocenters. The minimum Gasteiger partial charge on any atom is -0.428 e. The first-order valence-corrected chi connectivity index (χ1v) is 9.70. The van der Waals surface area contributed by atoms with Crippen LogP contribution in [0, 0.1) is 0 Å². The number of aromatic nitrogens is 2. The zero-order chi connectivity index (χ0) is 20.3. The van der Waals surface area contributed by atoms with E-state index in [0.29, 0.717) is 0 Å². The monoisotopic (exact) mass is 384 g/mol. The number of rotatable bonds is 6. The second-order valence-corrected chi connectivity index (χ2v) is 7.93. The first-order valence-electron chi connectivity index (χ1n) is 9.70. The topological polar surface area (TPSA) is 73.4 Å². The summed E-state index contributed by atoms with van der Waals surface area (Å²) in [6.07, 6.45) is 3.08. The van der Waals surface area contributed by atoms with Crippen LogP contribution in [0.3, 0.4) is 0 Å². The van der Waals surface area contributed by atoms with Gasteiger partial charge in [0.05, 0.1) is 17.8 Å². The van der Waals surface area contributed by atoms with Crippen LogP contribution in [0.25, 0.3) is 21.8 Å². The Morgan fingerprint density at radius 2 is 1.93 bits per heavy atom. The van der Waals surface area contributed by atoms with E-state index in [2.05, 4.69) is 35.9 Å². The number of benzene rings is 1. The van der Waals surface area contributed by atoms with Crippen molar-refractivity contribution in [3.05, 3.63) is 36.0 Å². The van der Waals surface area contributed by atoms with Crippen molar-refractivity contribution < 1.29 is 19.0 Å². The van der Waals surface area contributed by atoms with Gasteiger partial charge in [0, 0.05) is 29.0 Å². The summed E-state index contributed by atoms with van der Waals surface area (Å²) in [6, 6.07) is 7.98. The van der Waals surface area contributed by atoms with Gasteiger partial charge >= 0.3 is 6.16 Å². The number of carbonyl (C=O) groups excluding carboxylic acids is 1. The minimum absolute atomic E-state index is 0.0141. The third kappa shape index (κ3) is 4.81. The van der Waals surface area contributed by atoms with Gasteiger partial charge in [0.25, 0.3) is 0 Å². The van der Waals surface area contributed by atoms with Crippen molar-refractivity contribution in [1.29, 1.82) is 0 Å². The maximum absolute atomic E-state index is 11.9. The number of pyridine rings is 1. The van der Waals surface area contributed by atoms with Crippen LogP contribution >= 0.6 is 0 Å². The summed E-state index contributed by atoms with van der Waals surface area (Å²) < 4.78 is 16.4. The molecule has 0 fully saturated rings. The largest absolute Gasteiger partial charge is 0.515 e. The van der Waals surface area contributed by atoms with E-state index in [1.165, 1.54) is 0 Å². The lowest BCUT2D eigenvalue weighted by atomic mass is 10.1. The van der Waals surface area contributed by atoms with E-state index in [0.717, 1.165) is 46.8 Å². The van der Waals surface area contributed by atoms with Crippen molar-refractivity contribution in [2.24, 2.45) is 0 Å². The number of nitrogens with zero attached hydrogens (tertiary/aromatic N) is 1. The van der Waals surface area contributed by atoms with Gasteiger partial charge < -0.3 is 19.2 Å². The molecular weight excluding hydrogens is 356 g/mol. The van der Waals surface area contributed by atoms with E-state index in [9.17, 15) is 4.79 Å². The number of H-pyrrole nitrogens is 1. The molecule has 2 heterocycles. The Morgan fingerprint density at radius 3 is 2.64 bits per heavy atom. The molecule has 1 atom stereocenters. The predicted molar refractivity (Wildman–Crippen MR) is 110 cm³/mol. The molecule has 6 heteroatoms. The Bertz CT molecular complexity index is 972. The van der Waals surface area contributed by atoms with Gasteiger partial charge in [-0.25, -0.2) is 9.78 Å². The molecule has 0 spiro atoms. The molecule has 0 amide bonds. The average molecular weight is 384 g/mol. The molecule has 3 rings (SSSR count). The molecule has 150 valence electrons. The molecule has 28 heavy (non-hydrogen) atoms. The highest BCUT2D eigenvalue weighted by Crippen LogP contribution is 2.30. The molecule has 0 aliphatic rings. The summed E-state index contributed by atoms with van der Waals surface area (Å²) in [5.74, 6) is 0.209. The van der Waals surface area contributed by atoms with Gasteiger partial charge in [-0.05, 0) is 51.8 Å². The Kier molecular flexibility index (Phi) is 5.89. The fourth-order valence-electron chi connectivity index (χ4n) is 2.96. The van der Waals surface area contributed by atoms with Gasteiger partial charge in [0.1, 0.15) is 5.60 Å². The van der Waals surface area contributed by atoms with Crippen molar-refractivity contribution in [2.45, 2.75) is 59.2 Å². The average Bonchev–Trinajstić information content (AvgIpc) is 2.97. The molecule has 2 aromatic heterocycles. The maximum Gasteiger partial charge on any atom is 0.515 e. The SMILES string of the molecule is CCCCOC(C)c1ccc2[nH]c3cnc(OC(=O)OC(C)(C)C)cc3c2c1. The van der Waals surface area contributed by atoms with Crippen LogP contribution < -0.4 is 4.74 Å². The van der Waals surface area contributed by atoms with Crippen LogP contribution in [0.15, 0.2) is 30.5 Å². The Morgan fingerprint density at radius 1 is 1.18 bits per heavy atom. The number of ether oxygens (including phenoxy) is 3. The first-order chi connectivity index (χ1) is 13.3. The molecule has 0 saturated heterocycles. The second kappa shape index (κ2) is 8.19. The van der Waals surface area contributed by atoms with Crippen LogP contribution in [0.4, 0.5) is 4.79 Å². The van der Waals surface area contributed by atoms with Crippen LogP contribution in [0.2, 0.25) is 0 Å². The fourth-order valence-corrected chi connectivity index (χ4v) is 2.96. The molecule has 1 aromatic carbocycles. The number of aromatic amines is 1. The normalized spacial score (nSPS) is 13.0. The quantitative estimate of drug-likeness (QED) is 0.422. The molecule has 0 radical (unpaired) electrons. The van der Waals surface area contributed by atoms with Crippen molar-refractivity contribution in [1.82, 2.24) is 9.97 Å². The summed E-state index contributed by atoms with van der Waals surface area (Å²) in [4.78, 5) is 19.5. The zero-order valence-corrected chi connectivity index (χ0v) is 17.2. The van der Waals surface area contributed by atoms with Crippen molar-refractivity contribution in [3.8, 4) is 5.88 Å². The van der Waals surface area contributed by atoms with Gasteiger partial charge in [0.15, 0.2) is 0 Å². The molecule has 0 aliphatic heterocycles. The van der Waals surface area contributed by atoms with E-state index >= 15 is 0 Å². The lowest BCUT2D eigenvalue weighted by Gasteiger charge is -2.18. The smallest absolute Gasteiger partial charge is 0.428 e. The predicted octanol–water partition coefficient (Wildman–Crippen LogP) is 5.91. The summed E-state index contributed by atoms with van der Waals surface area (Å²) in [5.41, 5.74) is 2.36. The highest BCUT2D eigenvalue weighted by Gasteiger charge is 2.19. The summed E-state index contributed by atoms with van der Waals surface area (Å²) in [6.45, 7) is 10.3. The standard InChI is InChI=1S/C22H28N2O4/c1-6-7-10-26-14(2)15-8-9-18-16(11-15)17-12-20(23-13-19(17)24-18)27-21(25)28-22(3,4)5/h8-9,11-14,24H,6-7,10H2,1-5H3. The van der Waals surface area contributed by atoms with E-state index in [4.69, 9.17) is 14.2 Å². The van der Waals surface area contributed by atoms with Crippen molar-refractivity contribution in [3.63, 3.8) is 0 Å². The van der Waals surface area contributed by atoms with Crippen LogP contribution in [-0.2, 0) is 9.47 Å². The van der Waals surface area contributed by atoms with Crippen molar-refractivity contribution in [2.75, 3.05) is 6.61 Å². The zero-order valence-electron chi connectivity index (χ0n) is 17.2. The minimum atomic E-state index is -0.766. The molecule has 6 nitrogen and oxygen atoms in total. The van der Waals surface area contributed by atoms with Crippen LogP contribution in [0.1, 0.15) is 59.1 Å². The highest BCUT2D eigenvalue weighted by atomic mass is 16.7. The van der Waals surface area contributed by atoms with E-state index < -0.39 is 11.8 Å². The molecule has 0 saturated carbocycles. The molecule has 1 N–H and O–H groups in total.